The van der Waals surface area contributed by atoms with Gasteiger partial charge >= 0.3 is 0 Å². The lowest BCUT2D eigenvalue weighted by Crippen LogP contribution is -2.51. The highest BCUT2D eigenvalue weighted by Crippen LogP contribution is 2.23. The fourth-order valence-electron chi connectivity index (χ4n) is 2.38. The molecule has 1 fully saturated rings. The monoisotopic (exact) mass is 227 g/mol. The maximum absolute atomic E-state index is 12.1. The lowest BCUT2D eigenvalue weighted by atomic mass is 9.90. The van der Waals surface area contributed by atoms with Gasteiger partial charge in [0.25, 0.3) is 0 Å². The van der Waals surface area contributed by atoms with Crippen molar-refractivity contribution in [1.82, 2.24) is 9.80 Å². The molecule has 0 spiro atoms. The summed E-state index contributed by atoms with van der Waals surface area (Å²) in [5.41, 5.74) is 5.77. The van der Waals surface area contributed by atoms with Gasteiger partial charge in [-0.3, -0.25) is 4.79 Å². The van der Waals surface area contributed by atoms with Crippen molar-refractivity contribution in [2.45, 2.75) is 32.2 Å². The van der Waals surface area contributed by atoms with Crippen molar-refractivity contribution in [2.24, 2.45) is 11.7 Å². The Morgan fingerprint density at radius 2 is 2.19 bits per heavy atom. The Bertz CT molecular complexity index is 230. The number of likely N-dealkylation sites (tertiary alicyclic amines) is 1. The molecule has 0 aromatic heterocycles. The molecule has 1 heterocycles. The van der Waals surface area contributed by atoms with Crippen LogP contribution in [0.4, 0.5) is 0 Å². The summed E-state index contributed by atoms with van der Waals surface area (Å²) < 4.78 is 0. The molecule has 2 atom stereocenters. The molecule has 0 radical (unpaired) electrons. The Morgan fingerprint density at radius 1 is 1.50 bits per heavy atom. The van der Waals surface area contributed by atoms with Crippen LogP contribution in [-0.2, 0) is 4.79 Å². The Morgan fingerprint density at radius 3 is 2.75 bits per heavy atom. The molecule has 4 heteroatoms. The smallest absolute Gasteiger partial charge is 0.224 e. The average molecular weight is 227 g/mol. The van der Waals surface area contributed by atoms with Crippen LogP contribution in [0.3, 0.4) is 0 Å². The van der Waals surface area contributed by atoms with Crippen molar-refractivity contribution in [3.63, 3.8) is 0 Å². The number of nitrogens with zero attached hydrogens (tertiary/aromatic N) is 2. The zero-order valence-corrected chi connectivity index (χ0v) is 10.8. The van der Waals surface area contributed by atoms with Crippen molar-refractivity contribution in [3.8, 4) is 0 Å². The quantitative estimate of drug-likeness (QED) is 0.762. The van der Waals surface area contributed by atoms with Crippen LogP contribution in [0.25, 0.3) is 0 Å². The van der Waals surface area contributed by atoms with Gasteiger partial charge in [0.05, 0.1) is 0 Å². The van der Waals surface area contributed by atoms with Gasteiger partial charge in [0.2, 0.25) is 5.91 Å². The van der Waals surface area contributed by atoms with Gasteiger partial charge in [0, 0.05) is 32.1 Å². The predicted molar refractivity (Wildman–Crippen MR) is 66.1 cm³/mol. The summed E-state index contributed by atoms with van der Waals surface area (Å²) in [5, 5.41) is 0. The second-order valence-electron chi connectivity index (χ2n) is 5.06. The van der Waals surface area contributed by atoms with Gasteiger partial charge < -0.3 is 15.5 Å². The molecule has 0 aromatic rings. The van der Waals surface area contributed by atoms with E-state index in [0.717, 1.165) is 19.5 Å². The molecule has 0 aliphatic carbocycles. The first-order chi connectivity index (χ1) is 7.56. The average Bonchev–Trinajstić information content (AvgIpc) is 2.25. The molecule has 16 heavy (non-hydrogen) atoms. The second kappa shape index (κ2) is 6.21. The highest BCUT2D eigenvalue weighted by Gasteiger charge is 2.30. The molecule has 1 saturated heterocycles. The maximum Gasteiger partial charge on any atom is 0.224 e. The Balaban J connectivity index is 2.52. The van der Waals surface area contributed by atoms with Crippen molar-refractivity contribution < 1.29 is 4.79 Å². The number of rotatable bonds is 4. The number of amides is 1. The van der Waals surface area contributed by atoms with E-state index < -0.39 is 0 Å². The van der Waals surface area contributed by atoms with Crippen LogP contribution in [0.5, 0.6) is 0 Å². The van der Waals surface area contributed by atoms with E-state index in [1.165, 1.54) is 6.42 Å². The van der Waals surface area contributed by atoms with Crippen LogP contribution < -0.4 is 5.73 Å². The third-order valence-electron chi connectivity index (χ3n) is 3.45. The maximum atomic E-state index is 12.1. The Labute approximate surface area is 98.8 Å². The van der Waals surface area contributed by atoms with E-state index >= 15 is 0 Å². The lowest BCUT2D eigenvalue weighted by molar-refractivity contribution is -0.136. The predicted octanol–water partition coefficient (Wildman–Crippen LogP) is 0.524. The normalized spacial score (nSPS) is 26.2. The minimum atomic E-state index is 0.253. The molecule has 1 aliphatic rings. The van der Waals surface area contributed by atoms with Gasteiger partial charge in [-0.25, -0.2) is 0 Å². The van der Waals surface area contributed by atoms with Crippen LogP contribution in [0.1, 0.15) is 26.2 Å². The zero-order chi connectivity index (χ0) is 12.1. The van der Waals surface area contributed by atoms with E-state index in [1.807, 2.05) is 23.9 Å². The topological polar surface area (TPSA) is 49.6 Å². The third kappa shape index (κ3) is 3.46. The zero-order valence-electron chi connectivity index (χ0n) is 10.8. The number of carbonyl (C=O) groups is 1. The molecule has 1 aliphatic heterocycles. The SMILES string of the molecule is CC1CCCN(C(=O)CCN(C)C)C1CN. The van der Waals surface area contributed by atoms with Crippen LogP contribution in [0.15, 0.2) is 0 Å². The van der Waals surface area contributed by atoms with Gasteiger partial charge in [-0.1, -0.05) is 6.92 Å². The lowest BCUT2D eigenvalue weighted by Gasteiger charge is -2.39. The van der Waals surface area contributed by atoms with E-state index in [4.69, 9.17) is 5.73 Å². The van der Waals surface area contributed by atoms with E-state index in [-0.39, 0.29) is 11.9 Å². The number of nitrogens with two attached hydrogens (primary N) is 1. The van der Waals surface area contributed by atoms with E-state index in [9.17, 15) is 4.79 Å². The highest BCUT2D eigenvalue weighted by atomic mass is 16.2. The minimum Gasteiger partial charge on any atom is -0.338 e. The van der Waals surface area contributed by atoms with Crippen LogP contribution in [0.2, 0.25) is 0 Å². The van der Waals surface area contributed by atoms with Gasteiger partial charge in [0.15, 0.2) is 0 Å². The van der Waals surface area contributed by atoms with Crippen molar-refractivity contribution >= 4 is 5.91 Å². The molecule has 0 saturated carbocycles. The van der Waals surface area contributed by atoms with Crippen molar-refractivity contribution in [3.05, 3.63) is 0 Å². The molecule has 0 bridgehead atoms. The first-order valence-corrected chi connectivity index (χ1v) is 6.20. The number of piperidine rings is 1. The summed E-state index contributed by atoms with van der Waals surface area (Å²) in [5.74, 6) is 0.803. The van der Waals surface area contributed by atoms with Gasteiger partial charge in [0.1, 0.15) is 0 Å². The van der Waals surface area contributed by atoms with Crippen molar-refractivity contribution in [1.29, 1.82) is 0 Å². The summed E-state index contributed by atoms with van der Waals surface area (Å²) >= 11 is 0. The summed E-state index contributed by atoms with van der Waals surface area (Å²) in [4.78, 5) is 16.1. The largest absolute Gasteiger partial charge is 0.338 e. The van der Waals surface area contributed by atoms with Gasteiger partial charge in [-0.05, 0) is 32.9 Å². The van der Waals surface area contributed by atoms with Gasteiger partial charge in [-0.15, -0.1) is 0 Å². The molecule has 2 unspecified atom stereocenters. The number of carbonyl (C=O) groups excluding carboxylic acids is 1. The highest BCUT2D eigenvalue weighted by molar-refractivity contribution is 5.76. The Hall–Kier alpha value is -0.610. The fourth-order valence-corrected chi connectivity index (χ4v) is 2.38. The second-order valence-corrected chi connectivity index (χ2v) is 5.06. The number of hydrogen-bond acceptors (Lipinski definition) is 3. The van der Waals surface area contributed by atoms with Gasteiger partial charge in [-0.2, -0.15) is 0 Å². The molecule has 1 amide bonds. The van der Waals surface area contributed by atoms with Crippen LogP contribution >= 0.6 is 0 Å². The minimum absolute atomic E-state index is 0.253. The summed E-state index contributed by atoms with van der Waals surface area (Å²) in [6.07, 6.45) is 2.92. The van der Waals surface area contributed by atoms with E-state index in [1.54, 1.807) is 0 Å². The van der Waals surface area contributed by atoms with E-state index in [0.29, 0.717) is 18.9 Å². The number of hydrogen-bond donors (Lipinski definition) is 1. The fraction of sp³-hybridized carbons (Fsp3) is 0.917. The summed E-state index contributed by atoms with van der Waals surface area (Å²) in [6, 6.07) is 0.253. The molecule has 2 N–H and O–H groups in total. The molecule has 4 nitrogen and oxygen atoms in total. The Kier molecular flexibility index (Phi) is 5.22. The first-order valence-electron chi connectivity index (χ1n) is 6.20. The summed E-state index contributed by atoms with van der Waals surface area (Å²) in [6.45, 7) is 4.50. The van der Waals surface area contributed by atoms with Crippen LogP contribution in [-0.4, -0.2) is 55.5 Å². The molecule has 94 valence electrons. The third-order valence-corrected chi connectivity index (χ3v) is 3.45. The van der Waals surface area contributed by atoms with E-state index in [2.05, 4.69) is 6.92 Å². The van der Waals surface area contributed by atoms with Crippen LogP contribution in [0, 0.1) is 5.92 Å². The molecule has 1 rings (SSSR count). The summed E-state index contributed by atoms with van der Waals surface area (Å²) in [7, 11) is 3.99. The standard InChI is InChI=1S/C12H25N3O/c1-10-5-4-7-15(11(10)9-13)12(16)6-8-14(2)3/h10-11H,4-9,13H2,1-3H3. The first kappa shape index (κ1) is 13.5. The molecule has 0 aromatic carbocycles. The van der Waals surface area contributed by atoms with Crippen molar-refractivity contribution in [2.75, 3.05) is 33.7 Å². The molecular weight excluding hydrogens is 202 g/mol. The molecular formula is C12H25N3O.